The van der Waals surface area contributed by atoms with E-state index >= 15 is 0 Å². The van der Waals surface area contributed by atoms with Gasteiger partial charge < -0.3 is 10.1 Å². The largest absolute Gasteiger partial charge is 0.376 e. The number of anilines is 1. The van der Waals surface area contributed by atoms with Crippen LogP contribution < -0.4 is 9.62 Å². The van der Waals surface area contributed by atoms with Crippen molar-refractivity contribution in [3.8, 4) is 0 Å². The normalized spacial score (nSPS) is 17.9. The molecule has 146 valence electrons. The van der Waals surface area contributed by atoms with Gasteiger partial charge in [-0.05, 0) is 29.9 Å². The minimum atomic E-state index is -3.50. The summed E-state index contributed by atoms with van der Waals surface area (Å²) in [6.45, 7) is 7.47. The van der Waals surface area contributed by atoms with Crippen molar-refractivity contribution in [1.29, 1.82) is 0 Å². The fourth-order valence-electron chi connectivity index (χ4n) is 3.11. The van der Waals surface area contributed by atoms with Crippen LogP contribution in [0.5, 0.6) is 0 Å². The lowest BCUT2D eigenvalue weighted by Gasteiger charge is -2.30. The minimum absolute atomic E-state index is 0.0755. The van der Waals surface area contributed by atoms with E-state index in [0.29, 0.717) is 12.2 Å². The summed E-state index contributed by atoms with van der Waals surface area (Å²) < 4.78 is 31.5. The van der Waals surface area contributed by atoms with Gasteiger partial charge in [0.2, 0.25) is 15.9 Å². The van der Waals surface area contributed by atoms with Crippen molar-refractivity contribution in [3.05, 3.63) is 29.8 Å². The summed E-state index contributed by atoms with van der Waals surface area (Å²) in [5, 5.41) is 2.84. The van der Waals surface area contributed by atoms with Crippen LogP contribution in [0.25, 0.3) is 0 Å². The Balaban J connectivity index is 2.08. The Bertz CT molecular complexity index is 719. The maximum absolute atomic E-state index is 12.4. The van der Waals surface area contributed by atoms with Gasteiger partial charge in [-0.25, -0.2) is 8.42 Å². The third-order valence-electron chi connectivity index (χ3n) is 4.47. The molecule has 1 unspecified atom stereocenters. The first-order chi connectivity index (χ1) is 12.1. The zero-order valence-corrected chi connectivity index (χ0v) is 16.9. The third kappa shape index (κ3) is 5.71. The van der Waals surface area contributed by atoms with Crippen LogP contribution in [0, 0.1) is 0 Å². The van der Waals surface area contributed by atoms with Gasteiger partial charge >= 0.3 is 0 Å². The fourth-order valence-corrected chi connectivity index (χ4v) is 4.05. The number of sulfonamides is 1. The van der Waals surface area contributed by atoms with Crippen LogP contribution in [0.4, 0.5) is 5.69 Å². The average molecular weight is 383 g/mol. The third-order valence-corrected chi connectivity index (χ3v) is 5.65. The van der Waals surface area contributed by atoms with E-state index in [-0.39, 0.29) is 30.4 Å². The molecular formula is C19H30N2O4S. The molecule has 1 amide bonds. The van der Waals surface area contributed by atoms with Crippen molar-refractivity contribution >= 4 is 21.6 Å². The zero-order valence-electron chi connectivity index (χ0n) is 16.1. The van der Waals surface area contributed by atoms with Crippen LogP contribution in [0.15, 0.2) is 24.3 Å². The van der Waals surface area contributed by atoms with Crippen LogP contribution in [0.3, 0.4) is 0 Å². The number of benzene rings is 1. The summed E-state index contributed by atoms with van der Waals surface area (Å²) in [7, 11) is -3.50. The average Bonchev–Trinajstić information content (AvgIpc) is 3.05. The first kappa shape index (κ1) is 20.7. The second-order valence-electron chi connectivity index (χ2n) is 7.79. The van der Waals surface area contributed by atoms with Crippen molar-refractivity contribution in [3.63, 3.8) is 0 Å². The lowest BCUT2D eigenvalue weighted by molar-refractivity contribution is -0.121. The van der Waals surface area contributed by atoms with E-state index in [4.69, 9.17) is 4.74 Å². The maximum Gasteiger partial charge on any atom is 0.232 e. The summed E-state index contributed by atoms with van der Waals surface area (Å²) in [6, 6.07) is 7.45. The van der Waals surface area contributed by atoms with E-state index < -0.39 is 10.0 Å². The molecule has 1 N–H and O–H groups in total. The van der Waals surface area contributed by atoms with Crippen LogP contribution in [0.1, 0.15) is 45.6 Å². The molecule has 1 aromatic rings. The monoisotopic (exact) mass is 382 g/mol. The number of carbonyl (C=O) groups is 1. The van der Waals surface area contributed by atoms with E-state index in [1.165, 1.54) is 10.6 Å². The highest BCUT2D eigenvalue weighted by atomic mass is 32.2. The second-order valence-corrected chi connectivity index (χ2v) is 9.70. The molecule has 6 nitrogen and oxygen atoms in total. The summed E-state index contributed by atoms with van der Waals surface area (Å²) in [5.41, 5.74) is 1.36. The van der Waals surface area contributed by atoms with Gasteiger partial charge in [-0.1, -0.05) is 39.0 Å². The van der Waals surface area contributed by atoms with Crippen LogP contribution in [-0.4, -0.2) is 46.4 Å². The van der Waals surface area contributed by atoms with Crippen molar-refractivity contribution in [2.45, 2.75) is 51.6 Å². The zero-order chi connectivity index (χ0) is 19.4. The summed E-state index contributed by atoms with van der Waals surface area (Å²) in [4.78, 5) is 12.2. The number of amides is 1. The van der Waals surface area contributed by atoms with Gasteiger partial charge in [0, 0.05) is 26.1 Å². The first-order valence-electron chi connectivity index (χ1n) is 9.04. The van der Waals surface area contributed by atoms with Crippen molar-refractivity contribution in [2.24, 2.45) is 0 Å². The number of hydrogen-bond acceptors (Lipinski definition) is 4. The van der Waals surface area contributed by atoms with Crippen molar-refractivity contribution in [1.82, 2.24) is 5.32 Å². The molecule has 1 heterocycles. The molecule has 0 radical (unpaired) electrons. The van der Waals surface area contributed by atoms with E-state index in [2.05, 4.69) is 5.32 Å². The topological polar surface area (TPSA) is 75.7 Å². The number of ether oxygens (including phenoxy) is 1. The van der Waals surface area contributed by atoms with Gasteiger partial charge in [-0.15, -0.1) is 0 Å². The molecular weight excluding hydrogens is 352 g/mol. The molecule has 0 bridgehead atoms. The Kier molecular flexibility index (Phi) is 6.69. The van der Waals surface area contributed by atoms with Gasteiger partial charge in [0.25, 0.3) is 0 Å². The molecule has 1 aliphatic heterocycles. The number of carbonyl (C=O) groups excluding carboxylic acids is 1. The highest BCUT2D eigenvalue weighted by molar-refractivity contribution is 7.92. The highest BCUT2D eigenvalue weighted by Crippen LogP contribution is 2.33. The second kappa shape index (κ2) is 8.39. The standard InChI is InChI=1S/C19H30N2O4S/c1-19(2,3)16-9-5-6-10-17(16)21(26(4,23)24)12-11-18(22)20-14-15-8-7-13-25-15/h5-6,9-10,15H,7-8,11-14H2,1-4H3,(H,20,22). The number of rotatable bonds is 7. The Hall–Kier alpha value is -1.60. The number of nitrogens with zero attached hydrogens (tertiary/aromatic N) is 1. The van der Waals surface area contributed by atoms with E-state index in [9.17, 15) is 13.2 Å². The Labute approximate surface area is 157 Å². The molecule has 0 aromatic heterocycles. The Morgan fingerprint density at radius 2 is 2.00 bits per heavy atom. The highest BCUT2D eigenvalue weighted by Gasteiger charge is 2.26. The molecule has 1 saturated heterocycles. The molecule has 0 spiro atoms. The van der Waals surface area contributed by atoms with Gasteiger partial charge in [0.1, 0.15) is 0 Å². The van der Waals surface area contributed by atoms with Crippen molar-refractivity contribution < 1.29 is 17.9 Å². The lowest BCUT2D eigenvalue weighted by Crippen LogP contribution is -2.37. The molecule has 7 heteroatoms. The summed E-state index contributed by atoms with van der Waals surface area (Å²) >= 11 is 0. The number of nitrogens with one attached hydrogen (secondary N) is 1. The summed E-state index contributed by atoms with van der Waals surface area (Å²) in [5.74, 6) is -0.164. The first-order valence-corrected chi connectivity index (χ1v) is 10.9. The minimum Gasteiger partial charge on any atom is -0.376 e. The van der Waals surface area contributed by atoms with Gasteiger partial charge in [-0.3, -0.25) is 9.10 Å². The number of hydrogen-bond donors (Lipinski definition) is 1. The molecule has 1 aromatic carbocycles. The molecule has 0 saturated carbocycles. The Morgan fingerprint density at radius 3 is 2.58 bits per heavy atom. The van der Waals surface area contributed by atoms with Crippen molar-refractivity contribution in [2.75, 3.05) is 30.3 Å². The molecule has 26 heavy (non-hydrogen) atoms. The molecule has 1 aliphatic rings. The maximum atomic E-state index is 12.4. The lowest BCUT2D eigenvalue weighted by atomic mass is 9.86. The molecule has 2 rings (SSSR count). The number of para-hydroxylation sites is 1. The van der Waals surface area contributed by atoms with Gasteiger partial charge in [-0.2, -0.15) is 0 Å². The van der Waals surface area contributed by atoms with E-state index in [1.807, 2.05) is 39.0 Å². The predicted octanol–water partition coefficient (Wildman–Crippen LogP) is 2.44. The molecule has 1 atom stereocenters. The van der Waals surface area contributed by atoms with Crippen LogP contribution in [0.2, 0.25) is 0 Å². The van der Waals surface area contributed by atoms with Crippen LogP contribution >= 0.6 is 0 Å². The Morgan fingerprint density at radius 1 is 1.31 bits per heavy atom. The summed E-state index contributed by atoms with van der Waals surface area (Å²) in [6.07, 6.45) is 3.34. The van der Waals surface area contributed by atoms with Gasteiger partial charge in [0.05, 0.1) is 18.0 Å². The fraction of sp³-hybridized carbons (Fsp3) is 0.632. The SMILES string of the molecule is CC(C)(C)c1ccccc1N(CCC(=O)NCC1CCCO1)S(C)(=O)=O. The molecule has 0 aliphatic carbocycles. The van der Waals surface area contributed by atoms with Gasteiger partial charge in [0.15, 0.2) is 0 Å². The smallest absolute Gasteiger partial charge is 0.232 e. The van der Waals surface area contributed by atoms with E-state index in [1.54, 1.807) is 6.07 Å². The predicted molar refractivity (Wildman–Crippen MR) is 104 cm³/mol. The van der Waals surface area contributed by atoms with Crippen LogP contribution in [-0.2, 0) is 25.0 Å². The van der Waals surface area contributed by atoms with E-state index in [0.717, 1.165) is 25.0 Å². The molecule has 1 fully saturated rings. The quantitative estimate of drug-likeness (QED) is 0.786.